The van der Waals surface area contributed by atoms with E-state index in [1.165, 1.54) is 24.3 Å². The molecule has 0 unspecified atom stereocenters. The Morgan fingerprint density at radius 1 is 1.21 bits per heavy atom. The first-order chi connectivity index (χ1) is 6.75. The van der Waals surface area contributed by atoms with Crippen molar-refractivity contribution in [3.05, 3.63) is 35.2 Å². The number of aromatic nitrogens is 2. The molecule has 2 aromatic rings. The fourth-order valence-electron chi connectivity index (χ4n) is 0.845. The summed E-state index contributed by atoms with van der Waals surface area (Å²) < 4.78 is 25.3. The van der Waals surface area contributed by atoms with Crippen molar-refractivity contribution in [2.24, 2.45) is 0 Å². The van der Waals surface area contributed by atoms with Crippen molar-refractivity contribution in [1.29, 1.82) is 0 Å². The molecular weight excluding hydrogens is 227 g/mol. The van der Waals surface area contributed by atoms with Crippen molar-refractivity contribution in [2.75, 3.05) is 0 Å². The van der Waals surface area contributed by atoms with E-state index >= 15 is 0 Å². The second-order valence-electron chi connectivity index (χ2n) is 2.42. The lowest BCUT2D eigenvalue weighted by molar-refractivity contribution is 0.466. The van der Waals surface area contributed by atoms with Crippen LogP contribution in [0, 0.1) is 5.82 Å². The lowest BCUT2D eigenvalue weighted by Crippen LogP contribution is -1.84. The molecule has 1 heterocycles. The molecule has 0 spiro atoms. The average molecular weight is 231 g/mol. The lowest BCUT2D eigenvalue weighted by Gasteiger charge is -2.00. The van der Waals surface area contributed by atoms with Crippen molar-refractivity contribution in [1.82, 2.24) is 8.75 Å². The standard InChI is InChI=1S/C8H4ClFN2OS/c9-7-8(12-14-11-7)13-6-3-1-5(10)2-4-6/h1-4H. The van der Waals surface area contributed by atoms with Crippen LogP contribution in [0.4, 0.5) is 4.39 Å². The maximum Gasteiger partial charge on any atom is 0.270 e. The number of nitrogens with zero attached hydrogens (tertiary/aromatic N) is 2. The zero-order chi connectivity index (χ0) is 9.97. The number of ether oxygens (including phenoxy) is 1. The summed E-state index contributed by atoms with van der Waals surface area (Å²) in [5, 5.41) is 0.208. The molecule has 0 aliphatic heterocycles. The molecule has 1 aromatic carbocycles. The van der Waals surface area contributed by atoms with Crippen LogP contribution in [-0.2, 0) is 0 Å². The van der Waals surface area contributed by atoms with Gasteiger partial charge in [0.1, 0.15) is 11.6 Å². The van der Waals surface area contributed by atoms with Gasteiger partial charge in [-0.2, -0.15) is 4.37 Å². The van der Waals surface area contributed by atoms with E-state index < -0.39 is 0 Å². The SMILES string of the molecule is Fc1ccc(Oc2nsnc2Cl)cc1. The number of halogens is 2. The van der Waals surface area contributed by atoms with E-state index in [0.717, 1.165) is 11.7 Å². The van der Waals surface area contributed by atoms with Gasteiger partial charge >= 0.3 is 0 Å². The Morgan fingerprint density at radius 2 is 1.93 bits per heavy atom. The lowest BCUT2D eigenvalue weighted by atomic mass is 10.3. The van der Waals surface area contributed by atoms with Gasteiger partial charge in [-0.1, -0.05) is 11.6 Å². The van der Waals surface area contributed by atoms with E-state index in [-0.39, 0.29) is 16.9 Å². The van der Waals surface area contributed by atoms with Crippen LogP contribution < -0.4 is 4.74 Å². The molecule has 72 valence electrons. The van der Waals surface area contributed by atoms with Crippen LogP contribution >= 0.6 is 23.3 Å². The van der Waals surface area contributed by atoms with Gasteiger partial charge < -0.3 is 4.74 Å². The quantitative estimate of drug-likeness (QED) is 0.795. The summed E-state index contributed by atoms with van der Waals surface area (Å²) in [7, 11) is 0. The third-order valence-corrected chi connectivity index (χ3v) is 2.31. The summed E-state index contributed by atoms with van der Waals surface area (Å²) in [5.41, 5.74) is 0. The number of benzene rings is 1. The predicted octanol–water partition coefficient (Wildman–Crippen LogP) is 3.12. The van der Waals surface area contributed by atoms with E-state index in [1.807, 2.05) is 0 Å². The molecule has 0 saturated heterocycles. The number of hydrogen-bond donors (Lipinski definition) is 0. The minimum absolute atomic E-state index is 0.208. The molecule has 1 aromatic heterocycles. The van der Waals surface area contributed by atoms with Crippen molar-refractivity contribution in [2.45, 2.75) is 0 Å². The van der Waals surface area contributed by atoms with Crippen LogP contribution in [0.1, 0.15) is 0 Å². The van der Waals surface area contributed by atoms with Gasteiger partial charge in [-0.15, -0.1) is 4.37 Å². The Morgan fingerprint density at radius 3 is 2.50 bits per heavy atom. The second-order valence-corrected chi connectivity index (χ2v) is 3.30. The molecule has 6 heteroatoms. The van der Waals surface area contributed by atoms with Crippen LogP contribution in [0.2, 0.25) is 5.15 Å². The Balaban J connectivity index is 2.19. The zero-order valence-corrected chi connectivity index (χ0v) is 8.35. The Hall–Kier alpha value is -1.20. The molecule has 0 aliphatic carbocycles. The van der Waals surface area contributed by atoms with E-state index in [1.54, 1.807) is 0 Å². The molecule has 2 rings (SSSR count). The van der Waals surface area contributed by atoms with Gasteiger partial charge in [0.2, 0.25) is 5.15 Å². The molecular formula is C8H4ClFN2OS. The molecule has 0 atom stereocenters. The first kappa shape index (κ1) is 9.36. The van der Waals surface area contributed by atoms with Crippen LogP contribution in [0.5, 0.6) is 11.6 Å². The van der Waals surface area contributed by atoms with Gasteiger partial charge in [-0.25, -0.2) is 4.39 Å². The maximum absolute atomic E-state index is 12.5. The smallest absolute Gasteiger partial charge is 0.270 e. The summed E-state index contributed by atoms with van der Waals surface area (Å²) in [5.74, 6) is 0.393. The van der Waals surface area contributed by atoms with Gasteiger partial charge in [0.25, 0.3) is 5.88 Å². The summed E-state index contributed by atoms with van der Waals surface area (Å²) in [6, 6.07) is 5.57. The molecule has 0 amide bonds. The van der Waals surface area contributed by atoms with Gasteiger partial charge in [0.05, 0.1) is 11.7 Å². The predicted molar refractivity (Wildman–Crippen MR) is 51.4 cm³/mol. The Bertz CT molecular complexity index is 431. The van der Waals surface area contributed by atoms with E-state index in [4.69, 9.17) is 16.3 Å². The van der Waals surface area contributed by atoms with Gasteiger partial charge in [-0.3, -0.25) is 0 Å². The highest BCUT2D eigenvalue weighted by molar-refractivity contribution is 6.99. The first-order valence-corrected chi connectivity index (χ1v) is 4.78. The molecule has 0 aliphatic rings. The minimum Gasteiger partial charge on any atom is -0.436 e. The third kappa shape index (κ3) is 2.00. The van der Waals surface area contributed by atoms with Gasteiger partial charge in [0.15, 0.2) is 0 Å². The number of hydrogen-bond acceptors (Lipinski definition) is 4. The summed E-state index contributed by atoms with van der Waals surface area (Å²) in [4.78, 5) is 0. The Kier molecular flexibility index (Phi) is 2.60. The fraction of sp³-hybridized carbons (Fsp3) is 0. The van der Waals surface area contributed by atoms with Crippen molar-refractivity contribution < 1.29 is 9.13 Å². The summed E-state index contributed by atoms with van der Waals surface area (Å²) in [6.45, 7) is 0. The molecule has 14 heavy (non-hydrogen) atoms. The van der Waals surface area contributed by atoms with Gasteiger partial charge in [0, 0.05) is 0 Å². The zero-order valence-electron chi connectivity index (χ0n) is 6.78. The third-order valence-electron chi connectivity index (χ3n) is 1.45. The monoisotopic (exact) mass is 230 g/mol. The van der Waals surface area contributed by atoms with E-state index in [2.05, 4.69) is 8.75 Å². The Labute approximate surface area is 88.4 Å². The largest absolute Gasteiger partial charge is 0.436 e. The fourth-order valence-corrected chi connectivity index (χ4v) is 1.46. The minimum atomic E-state index is -0.320. The van der Waals surface area contributed by atoms with Crippen LogP contribution in [0.25, 0.3) is 0 Å². The van der Waals surface area contributed by atoms with Crippen LogP contribution in [0.15, 0.2) is 24.3 Å². The summed E-state index contributed by atoms with van der Waals surface area (Å²) >= 11 is 6.62. The second kappa shape index (κ2) is 3.89. The maximum atomic E-state index is 12.5. The highest BCUT2D eigenvalue weighted by Gasteiger charge is 2.07. The van der Waals surface area contributed by atoms with Crippen molar-refractivity contribution in [3.8, 4) is 11.6 Å². The molecule has 0 bridgehead atoms. The van der Waals surface area contributed by atoms with Crippen molar-refractivity contribution in [3.63, 3.8) is 0 Å². The van der Waals surface area contributed by atoms with Crippen LogP contribution in [0.3, 0.4) is 0 Å². The molecule has 0 radical (unpaired) electrons. The van der Waals surface area contributed by atoms with E-state index in [0.29, 0.717) is 5.75 Å². The van der Waals surface area contributed by atoms with Gasteiger partial charge in [-0.05, 0) is 24.3 Å². The first-order valence-electron chi connectivity index (χ1n) is 3.67. The normalized spacial score (nSPS) is 10.1. The molecule has 0 saturated carbocycles. The highest BCUT2D eigenvalue weighted by atomic mass is 35.5. The molecule has 3 nitrogen and oxygen atoms in total. The summed E-state index contributed by atoms with van der Waals surface area (Å²) in [6.07, 6.45) is 0. The van der Waals surface area contributed by atoms with E-state index in [9.17, 15) is 4.39 Å². The molecule has 0 N–H and O–H groups in total. The highest BCUT2D eigenvalue weighted by Crippen LogP contribution is 2.26. The molecule has 0 fully saturated rings. The number of rotatable bonds is 2. The van der Waals surface area contributed by atoms with Crippen LogP contribution in [-0.4, -0.2) is 8.75 Å². The topological polar surface area (TPSA) is 35.0 Å². The van der Waals surface area contributed by atoms with Crippen molar-refractivity contribution >= 4 is 23.3 Å². The average Bonchev–Trinajstić information content (AvgIpc) is 2.56.